The molecule has 5 nitrogen and oxygen atoms in total. The Morgan fingerprint density at radius 1 is 1.14 bits per heavy atom. The molecule has 0 atom stereocenters. The molecule has 1 aromatic carbocycles. The summed E-state index contributed by atoms with van der Waals surface area (Å²) in [5, 5.41) is 5.47. The van der Waals surface area contributed by atoms with E-state index in [0.29, 0.717) is 22.0 Å². The summed E-state index contributed by atoms with van der Waals surface area (Å²) in [7, 11) is 1.52. The van der Waals surface area contributed by atoms with Gasteiger partial charge in [0, 0.05) is 17.5 Å². The fraction of sp³-hybridized carbons (Fsp3) is 0.200. The Balaban J connectivity index is 2.20. The number of carbonyl (C=O) groups excluding carboxylic acids is 2. The molecule has 6 heteroatoms. The van der Waals surface area contributed by atoms with Crippen LogP contribution in [0.1, 0.15) is 21.5 Å². The van der Waals surface area contributed by atoms with Gasteiger partial charge in [-0.1, -0.05) is 0 Å². The van der Waals surface area contributed by atoms with Crippen LogP contribution in [0.2, 0.25) is 0 Å². The number of rotatable bonds is 4. The van der Waals surface area contributed by atoms with Crippen molar-refractivity contribution in [3.63, 3.8) is 0 Å². The highest BCUT2D eigenvalue weighted by molar-refractivity contribution is 7.14. The van der Waals surface area contributed by atoms with Gasteiger partial charge < -0.3 is 15.4 Å². The van der Waals surface area contributed by atoms with Crippen molar-refractivity contribution in [2.45, 2.75) is 13.8 Å². The summed E-state index contributed by atoms with van der Waals surface area (Å²) >= 11 is 1.43. The predicted octanol–water partition coefficient (Wildman–Crippen LogP) is 3.28. The quantitative estimate of drug-likeness (QED) is 0.911. The molecule has 0 spiro atoms. The minimum absolute atomic E-state index is 0.174. The van der Waals surface area contributed by atoms with E-state index in [-0.39, 0.29) is 11.8 Å². The van der Waals surface area contributed by atoms with Crippen molar-refractivity contribution in [1.29, 1.82) is 0 Å². The van der Waals surface area contributed by atoms with E-state index in [2.05, 4.69) is 10.6 Å². The SMILES string of the molecule is COc1ccc(NC(=O)c2ccc(C)s2)cc1NC(C)=O. The van der Waals surface area contributed by atoms with Crippen LogP contribution < -0.4 is 15.4 Å². The summed E-state index contributed by atoms with van der Waals surface area (Å²) in [6.45, 7) is 3.36. The lowest BCUT2D eigenvalue weighted by Crippen LogP contribution is -2.11. The normalized spacial score (nSPS) is 10.0. The largest absolute Gasteiger partial charge is 0.495 e. The first-order valence-corrected chi connectivity index (χ1v) is 7.14. The molecular weight excluding hydrogens is 288 g/mol. The van der Waals surface area contributed by atoms with E-state index in [4.69, 9.17) is 4.74 Å². The van der Waals surface area contributed by atoms with Gasteiger partial charge in [0.15, 0.2) is 0 Å². The highest BCUT2D eigenvalue weighted by Crippen LogP contribution is 2.28. The average Bonchev–Trinajstić information content (AvgIpc) is 2.85. The highest BCUT2D eigenvalue weighted by Gasteiger charge is 2.11. The van der Waals surface area contributed by atoms with Crippen molar-refractivity contribution >= 4 is 34.5 Å². The highest BCUT2D eigenvalue weighted by atomic mass is 32.1. The third-order valence-corrected chi connectivity index (χ3v) is 3.73. The number of amides is 2. The number of aryl methyl sites for hydroxylation is 1. The van der Waals surface area contributed by atoms with Crippen molar-refractivity contribution in [3.05, 3.63) is 40.1 Å². The molecule has 0 radical (unpaired) electrons. The summed E-state index contributed by atoms with van der Waals surface area (Å²) in [6, 6.07) is 8.77. The molecule has 1 aromatic heterocycles. The Hall–Kier alpha value is -2.34. The summed E-state index contributed by atoms with van der Waals surface area (Å²) < 4.78 is 5.17. The number of carbonyl (C=O) groups is 2. The molecule has 2 aromatic rings. The van der Waals surface area contributed by atoms with E-state index in [1.54, 1.807) is 24.3 Å². The Morgan fingerprint density at radius 2 is 1.90 bits per heavy atom. The third-order valence-electron chi connectivity index (χ3n) is 2.73. The van der Waals surface area contributed by atoms with Gasteiger partial charge in [0.05, 0.1) is 17.7 Å². The van der Waals surface area contributed by atoms with Crippen LogP contribution >= 0.6 is 11.3 Å². The Kier molecular flexibility index (Phi) is 4.59. The average molecular weight is 304 g/mol. The van der Waals surface area contributed by atoms with Crippen LogP contribution in [0, 0.1) is 6.92 Å². The van der Waals surface area contributed by atoms with Gasteiger partial charge in [-0.3, -0.25) is 9.59 Å². The molecule has 0 unspecified atom stereocenters. The molecule has 1 heterocycles. The van der Waals surface area contributed by atoms with Crippen LogP contribution in [-0.4, -0.2) is 18.9 Å². The fourth-order valence-electron chi connectivity index (χ4n) is 1.82. The van der Waals surface area contributed by atoms with E-state index in [9.17, 15) is 9.59 Å². The maximum Gasteiger partial charge on any atom is 0.265 e. The van der Waals surface area contributed by atoms with Crippen molar-refractivity contribution < 1.29 is 14.3 Å². The lowest BCUT2D eigenvalue weighted by atomic mass is 10.2. The number of anilines is 2. The second kappa shape index (κ2) is 6.41. The maximum absolute atomic E-state index is 12.1. The van der Waals surface area contributed by atoms with Crippen molar-refractivity contribution in [3.8, 4) is 5.75 Å². The van der Waals surface area contributed by atoms with Gasteiger partial charge in [0.25, 0.3) is 5.91 Å². The number of thiophene rings is 1. The number of hydrogen-bond donors (Lipinski definition) is 2. The molecule has 110 valence electrons. The zero-order chi connectivity index (χ0) is 15.4. The van der Waals surface area contributed by atoms with Crippen molar-refractivity contribution in [1.82, 2.24) is 0 Å². The second-order valence-corrected chi connectivity index (χ2v) is 5.75. The minimum Gasteiger partial charge on any atom is -0.495 e. The minimum atomic E-state index is -0.203. The molecule has 0 bridgehead atoms. The Morgan fingerprint density at radius 3 is 2.48 bits per heavy atom. The van der Waals surface area contributed by atoms with Gasteiger partial charge in [0.1, 0.15) is 5.75 Å². The van der Waals surface area contributed by atoms with Gasteiger partial charge in [0.2, 0.25) is 5.91 Å². The topological polar surface area (TPSA) is 67.4 Å². The molecule has 0 fully saturated rings. The van der Waals surface area contributed by atoms with Crippen LogP contribution in [0.25, 0.3) is 0 Å². The molecule has 0 aliphatic carbocycles. The molecule has 0 aliphatic rings. The molecule has 2 amide bonds. The summed E-state index contributed by atoms with van der Waals surface area (Å²) in [5.74, 6) is 0.160. The van der Waals surface area contributed by atoms with E-state index < -0.39 is 0 Å². The number of ether oxygens (including phenoxy) is 1. The van der Waals surface area contributed by atoms with Gasteiger partial charge in [-0.05, 0) is 37.3 Å². The number of benzene rings is 1. The Bertz CT molecular complexity index is 679. The van der Waals surface area contributed by atoms with E-state index in [0.717, 1.165) is 4.88 Å². The van der Waals surface area contributed by atoms with Crippen LogP contribution in [0.15, 0.2) is 30.3 Å². The molecular formula is C15H16N2O3S. The van der Waals surface area contributed by atoms with Gasteiger partial charge in [-0.25, -0.2) is 0 Å². The molecule has 0 saturated carbocycles. The Labute approximate surface area is 126 Å². The lowest BCUT2D eigenvalue weighted by molar-refractivity contribution is -0.114. The lowest BCUT2D eigenvalue weighted by Gasteiger charge is -2.11. The molecule has 21 heavy (non-hydrogen) atoms. The van der Waals surface area contributed by atoms with Crippen molar-refractivity contribution in [2.75, 3.05) is 17.7 Å². The molecule has 2 rings (SSSR count). The van der Waals surface area contributed by atoms with Crippen LogP contribution in [0.3, 0.4) is 0 Å². The molecule has 2 N–H and O–H groups in total. The number of nitrogens with one attached hydrogen (secondary N) is 2. The first kappa shape index (κ1) is 15.1. The molecule has 0 saturated heterocycles. The van der Waals surface area contributed by atoms with Crippen LogP contribution in [-0.2, 0) is 4.79 Å². The zero-order valence-corrected chi connectivity index (χ0v) is 12.8. The fourth-order valence-corrected chi connectivity index (χ4v) is 2.59. The second-order valence-electron chi connectivity index (χ2n) is 4.46. The van der Waals surface area contributed by atoms with E-state index in [1.807, 2.05) is 13.0 Å². The van der Waals surface area contributed by atoms with Crippen molar-refractivity contribution in [2.24, 2.45) is 0 Å². The third kappa shape index (κ3) is 3.82. The number of hydrogen-bond acceptors (Lipinski definition) is 4. The van der Waals surface area contributed by atoms with Crippen LogP contribution in [0.5, 0.6) is 5.75 Å². The van der Waals surface area contributed by atoms with Crippen LogP contribution in [0.4, 0.5) is 11.4 Å². The maximum atomic E-state index is 12.1. The first-order valence-electron chi connectivity index (χ1n) is 6.33. The van der Waals surface area contributed by atoms with E-state index in [1.165, 1.54) is 25.4 Å². The standard InChI is InChI=1S/C15H16N2O3S/c1-9-4-7-14(21-9)15(19)17-11-5-6-13(20-3)12(8-11)16-10(2)18/h4-8H,1-3H3,(H,16,18)(H,17,19). The van der Waals surface area contributed by atoms with E-state index >= 15 is 0 Å². The van der Waals surface area contributed by atoms with Gasteiger partial charge >= 0.3 is 0 Å². The number of methoxy groups -OCH3 is 1. The first-order chi connectivity index (χ1) is 9.99. The predicted molar refractivity (Wildman–Crippen MR) is 84.3 cm³/mol. The van der Waals surface area contributed by atoms with Gasteiger partial charge in [-0.2, -0.15) is 0 Å². The summed E-state index contributed by atoms with van der Waals surface area (Å²) in [6.07, 6.45) is 0. The molecule has 0 aliphatic heterocycles. The smallest absolute Gasteiger partial charge is 0.265 e. The van der Waals surface area contributed by atoms with Gasteiger partial charge in [-0.15, -0.1) is 11.3 Å². The zero-order valence-electron chi connectivity index (χ0n) is 12.0. The summed E-state index contributed by atoms with van der Waals surface area (Å²) in [5.41, 5.74) is 1.11. The summed E-state index contributed by atoms with van der Waals surface area (Å²) in [4.78, 5) is 25.0. The monoisotopic (exact) mass is 304 g/mol.